The predicted molar refractivity (Wildman–Crippen MR) is 78.2 cm³/mol. The van der Waals surface area contributed by atoms with E-state index < -0.39 is 6.10 Å². The SMILES string of the molecule is Cc1ccc(C(O)CNC(C)CCn2cncn2)cc1. The molecule has 0 amide bonds. The summed E-state index contributed by atoms with van der Waals surface area (Å²) < 4.78 is 1.81. The summed E-state index contributed by atoms with van der Waals surface area (Å²) in [6.45, 7) is 5.54. The van der Waals surface area contributed by atoms with E-state index in [1.54, 1.807) is 12.7 Å². The van der Waals surface area contributed by atoms with Crippen molar-refractivity contribution in [2.75, 3.05) is 6.54 Å². The van der Waals surface area contributed by atoms with Crippen molar-refractivity contribution in [2.45, 2.75) is 39.0 Å². The van der Waals surface area contributed by atoms with Crippen molar-refractivity contribution in [1.29, 1.82) is 0 Å². The molecule has 2 atom stereocenters. The van der Waals surface area contributed by atoms with Gasteiger partial charge in [0.15, 0.2) is 0 Å². The third-order valence-electron chi connectivity index (χ3n) is 3.38. The van der Waals surface area contributed by atoms with Crippen LogP contribution in [0.25, 0.3) is 0 Å². The van der Waals surface area contributed by atoms with Crippen LogP contribution in [0.1, 0.15) is 30.6 Å². The monoisotopic (exact) mass is 274 g/mol. The Hall–Kier alpha value is -1.72. The Balaban J connectivity index is 1.72. The van der Waals surface area contributed by atoms with E-state index in [1.165, 1.54) is 5.56 Å². The highest BCUT2D eigenvalue weighted by atomic mass is 16.3. The van der Waals surface area contributed by atoms with E-state index in [1.807, 2.05) is 35.9 Å². The molecule has 0 radical (unpaired) electrons. The molecular weight excluding hydrogens is 252 g/mol. The molecule has 0 saturated carbocycles. The first kappa shape index (κ1) is 14.7. The van der Waals surface area contributed by atoms with Gasteiger partial charge in [-0.3, -0.25) is 4.68 Å². The maximum absolute atomic E-state index is 10.1. The van der Waals surface area contributed by atoms with E-state index >= 15 is 0 Å². The fourth-order valence-electron chi connectivity index (χ4n) is 2.00. The minimum atomic E-state index is -0.468. The van der Waals surface area contributed by atoms with E-state index in [0.717, 1.165) is 18.5 Å². The topological polar surface area (TPSA) is 63.0 Å². The van der Waals surface area contributed by atoms with E-state index in [2.05, 4.69) is 22.3 Å². The molecule has 2 N–H and O–H groups in total. The van der Waals surface area contributed by atoms with Gasteiger partial charge in [-0.2, -0.15) is 5.10 Å². The summed E-state index contributed by atoms with van der Waals surface area (Å²) in [5, 5.41) is 17.5. The number of rotatable bonds is 7. The molecule has 0 spiro atoms. The Morgan fingerprint density at radius 1 is 1.30 bits per heavy atom. The number of nitrogens with one attached hydrogen (secondary N) is 1. The standard InChI is InChI=1S/C15H22N4O/c1-12-3-5-14(6-4-12)15(20)9-17-13(2)7-8-19-11-16-10-18-19/h3-6,10-11,13,15,17,20H,7-9H2,1-2H3. The molecule has 1 aromatic heterocycles. The number of benzene rings is 1. The van der Waals surface area contributed by atoms with Crippen LogP contribution in [0.3, 0.4) is 0 Å². The first-order valence-electron chi connectivity index (χ1n) is 6.95. The first-order chi connectivity index (χ1) is 9.65. The fourth-order valence-corrected chi connectivity index (χ4v) is 2.00. The van der Waals surface area contributed by atoms with Crippen molar-refractivity contribution < 1.29 is 5.11 Å². The van der Waals surface area contributed by atoms with Gasteiger partial charge < -0.3 is 10.4 Å². The van der Waals surface area contributed by atoms with Crippen LogP contribution < -0.4 is 5.32 Å². The van der Waals surface area contributed by atoms with Gasteiger partial charge in [-0.15, -0.1) is 0 Å². The molecule has 20 heavy (non-hydrogen) atoms. The van der Waals surface area contributed by atoms with Gasteiger partial charge in [0.05, 0.1) is 6.10 Å². The molecule has 2 aromatic rings. The summed E-state index contributed by atoms with van der Waals surface area (Å²) >= 11 is 0. The molecule has 2 rings (SSSR count). The van der Waals surface area contributed by atoms with Crippen LogP contribution in [0.15, 0.2) is 36.9 Å². The van der Waals surface area contributed by atoms with E-state index in [4.69, 9.17) is 0 Å². The second kappa shape index (κ2) is 7.17. The highest BCUT2D eigenvalue weighted by Gasteiger charge is 2.09. The molecule has 1 heterocycles. The van der Waals surface area contributed by atoms with Crippen molar-refractivity contribution in [3.8, 4) is 0 Å². The van der Waals surface area contributed by atoms with Crippen molar-refractivity contribution >= 4 is 0 Å². The zero-order chi connectivity index (χ0) is 14.4. The average Bonchev–Trinajstić information content (AvgIpc) is 2.96. The summed E-state index contributed by atoms with van der Waals surface area (Å²) in [4.78, 5) is 3.91. The molecule has 0 aliphatic rings. The Kier molecular flexibility index (Phi) is 5.26. The van der Waals surface area contributed by atoms with E-state index in [9.17, 15) is 5.11 Å². The van der Waals surface area contributed by atoms with Gasteiger partial charge in [0, 0.05) is 19.1 Å². The Bertz CT molecular complexity index is 495. The number of aryl methyl sites for hydroxylation is 2. The largest absolute Gasteiger partial charge is 0.387 e. The van der Waals surface area contributed by atoms with Gasteiger partial charge in [-0.05, 0) is 25.8 Å². The average molecular weight is 274 g/mol. The maximum atomic E-state index is 10.1. The lowest BCUT2D eigenvalue weighted by molar-refractivity contribution is 0.169. The zero-order valence-electron chi connectivity index (χ0n) is 12.0. The van der Waals surface area contributed by atoms with Gasteiger partial charge in [0.2, 0.25) is 0 Å². The lowest BCUT2D eigenvalue weighted by Gasteiger charge is -2.17. The second-order valence-corrected chi connectivity index (χ2v) is 5.18. The third-order valence-corrected chi connectivity index (χ3v) is 3.38. The van der Waals surface area contributed by atoms with Crippen LogP contribution in [-0.2, 0) is 6.54 Å². The number of hydrogen-bond donors (Lipinski definition) is 2. The van der Waals surface area contributed by atoms with Gasteiger partial charge in [-0.1, -0.05) is 29.8 Å². The summed E-state index contributed by atoms with van der Waals surface area (Å²) in [6.07, 6.45) is 3.74. The quantitative estimate of drug-likeness (QED) is 0.806. The molecule has 0 aliphatic carbocycles. The molecule has 5 heteroatoms. The number of aliphatic hydroxyl groups is 1. The number of aliphatic hydroxyl groups excluding tert-OH is 1. The highest BCUT2D eigenvalue weighted by Crippen LogP contribution is 2.13. The van der Waals surface area contributed by atoms with Gasteiger partial charge in [0.25, 0.3) is 0 Å². The normalized spacial score (nSPS) is 14.2. The third kappa shape index (κ3) is 4.43. The maximum Gasteiger partial charge on any atom is 0.137 e. The summed E-state index contributed by atoms with van der Waals surface area (Å²) in [6, 6.07) is 8.31. The van der Waals surface area contributed by atoms with Crippen molar-refractivity contribution in [1.82, 2.24) is 20.1 Å². The molecular formula is C15H22N4O. The van der Waals surface area contributed by atoms with Crippen LogP contribution in [0.2, 0.25) is 0 Å². The smallest absolute Gasteiger partial charge is 0.137 e. The minimum absolute atomic E-state index is 0.319. The number of aromatic nitrogens is 3. The first-order valence-corrected chi connectivity index (χ1v) is 6.95. The Morgan fingerprint density at radius 2 is 2.05 bits per heavy atom. The molecule has 108 valence electrons. The highest BCUT2D eigenvalue weighted by molar-refractivity contribution is 5.23. The Labute approximate surface area is 119 Å². The van der Waals surface area contributed by atoms with Gasteiger partial charge in [-0.25, -0.2) is 4.98 Å². The molecule has 0 saturated heterocycles. The number of hydrogen-bond acceptors (Lipinski definition) is 4. The minimum Gasteiger partial charge on any atom is -0.387 e. The van der Waals surface area contributed by atoms with Crippen molar-refractivity contribution in [2.24, 2.45) is 0 Å². The van der Waals surface area contributed by atoms with Crippen LogP contribution in [0.5, 0.6) is 0 Å². The predicted octanol–water partition coefficient (Wildman–Crippen LogP) is 1.69. The second-order valence-electron chi connectivity index (χ2n) is 5.18. The zero-order valence-corrected chi connectivity index (χ0v) is 12.0. The molecule has 1 aromatic carbocycles. The van der Waals surface area contributed by atoms with Crippen LogP contribution in [-0.4, -0.2) is 32.5 Å². The van der Waals surface area contributed by atoms with Crippen molar-refractivity contribution in [3.05, 3.63) is 48.0 Å². The van der Waals surface area contributed by atoms with Crippen LogP contribution in [0.4, 0.5) is 0 Å². The molecule has 0 aliphatic heterocycles. The summed E-state index contributed by atoms with van der Waals surface area (Å²) in [7, 11) is 0. The van der Waals surface area contributed by atoms with Gasteiger partial charge in [0.1, 0.15) is 12.7 Å². The summed E-state index contributed by atoms with van der Waals surface area (Å²) in [5.74, 6) is 0. The van der Waals surface area contributed by atoms with Crippen LogP contribution >= 0.6 is 0 Å². The van der Waals surface area contributed by atoms with Crippen LogP contribution in [0, 0.1) is 6.92 Å². The summed E-state index contributed by atoms with van der Waals surface area (Å²) in [5.41, 5.74) is 2.15. The molecule has 0 fully saturated rings. The number of nitrogens with zero attached hydrogens (tertiary/aromatic N) is 3. The lowest BCUT2D eigenvalue weighted by Crippen LogP contribution is -2.31. The lowest BCUT2D eigenvalue weighted by atomic mass is 10.1. The molecule has 5 nitrogen and oxygen atoms in total. The van der Waals surface area contributed by atoms with E-state index in [0.29, 0.717) is 12.6 Å². The van der Waals surface area contributed by atoms with E-state index in [-0.39, 0.29) is 0 Å². The Morgan fingerprint density at radius 3 is 2.70 bits per heavy atom. The fraction of sp³-hybridized carbons (Fsp3) is 0.467. The molecule has 0 bridgehead atoms. The van der Waals surface area contributed by atoms with Crippen molar-refractivity contribution in [3.63, 3.8) is 0 Å². The molecule has 2 unspecified atom stereocenters. The van der Waals surface area contributed by atoms with Gasteiger partial charge >= 0.3 is 0 Å².